The molecule has 0 saturated carbocycles. The predicted octanol–water partition coefficient (Wildman–Crippen LogP) is 2.98. The number of alkyl halides is 3. The summed E-state index contributed by atoms with van der Waals surface area (Å²) in [5, 5.41) is 0. The maximum Gasteiger partial charge on any atom is 0.393 e. The first-order valence-corrected chi connectivity index (χ1v) is 4.82. The Balaban J connectivity index is 2.79. The highest BCUT2D eigenvalue weighted by molar-refractivity contribution is 5.86. The maximum atomic E-state index is 12.1. The van der Waals surface area contributed by atoms with Gasteiger partial charge in [-0.3, -0.25) is 0 Å². The lowest BCUT2D eigenvalue weighted by molar-refractivity contribution is -0.134. The third kappa shape index (κ3) is 5.19. The van der Waals surface area contributed by atoms with Gasteiger partial charge >= 0.3 is 12.1 Å². The fourth-order valence-corrected chi connectivity index (χ4v) is 1.27. The predicted molar refractivity (Wildman–Crippen MR) is 57.3 cm³/mol. The largest absolute Gasteiger partial charge is 0.466 e. The minimum Gasteiger partial charge on any atom is -0.466 e. The van der Waals surface area contributed by atoms with Crippen LogP contribution in [0.1, 0.15) is 11.1 Å². The van der Waals surface area contributed by atoms with Crippen molar-refractivity contribution in [1.29, 1.82) is 0 Å². The van der Waals surface area contributed by atoms with Crippen LogP contribution in [-0.4, -0.2) is 19.3 Å². The fraction of sp³-hybridized carbons (Fsp3) is 0.250. The van der Waals surface area contributed by atoms with Crippen molar-refractivity contribution < 1.29 is 22.7 Å². The molecule has 0 aliphatic carbocycles. The number of ether oxygens (including phenoxy) is 1. The van der Waals surface area contributed by atoms with Crippen LogP contribution < -0.4 is 0 Å². The molecule has 5 heteroatoms. The summed E-state index contributed by atoms with van der Waals surface area (Å²) in [6.45, 7) is 0. The summed E-state index contributed by atoms with van der Waals surface area (Å²) >= 11 is 0. The Morgan fingerprint density at radius 3 is 2.71 bits per heavy atom. The molecule has 0 atom stereocenters. The molecule has 1 aromatic carbocycles. The molecule has 0 N–H and O–H groups in total. The van der Waals surface area contributed by atoms with Gasteiger partial charge in [-0.15, -0.1) is 0 Å². The van der Waals surface area contributed by atoms with Gasteiger partial charge < -0.3 is 4.74 Å². The molecule has 0 fully saturated rings. The molecule has 0 amide bonds. The van der Waals surface area contributed by atoms with Crippen molar-refractivity contribution in [2.45, 2.75) is 12.6 Å². The molecule has 0 saturated heterocycles. The molecule has 0 spiro atoms. The number of benzene rings is 1. The van der Waals surface area contributed by atoms with Gasteiger partial charge in [-0.1, -0.05) is 24.3 Å². The molecule has 0 bridgehead atoms. The van der Waals surface area contributed by atoms with Crippen molar-refractivity contribution in [1.82, 2.24) is 0 Å². The third-order valence-electron chi connectivity index (χ3n) is 1.97. The molecule has 92 valence electrons. The number of hydrogen-bond acceptors (Lipinski definition) is 2. The molecular formula is C12H11F3O2. The first-order valence-electron chi connectivity index (χ1n) is 4.82. The molecular weight excluding hydrogens is 233 g/mol. The van der Waals surface area contributed by atoms with E-state index in [2.05, 4.69) is 4.74 Å². The van der Waals surface area contributed by atoms with Gasteiger partial charge in [0.2, 0.25) is 0 Å². The third-order valence-corrected chi connectivity index (χ3v) is 1.97. The summed E-state index contributed by atoms with van der Waals surface area (Å²) in [5.41, 5.74) is 0.682. The van der Waals surface area contributed by atoms with Gasteiger partial charge in [0, 0.05) is 6.08 Å². The lowest BCUT2D eigenvalue weighted by atomic mass is 10.1. The molecule has 0 heterocycles. The van der Waals surface area contributed by atoms with E-state index in [0.29, 0.717) is 5.56 Å². The summed E-state index contributed by atoms with van der Waals surface area (Å²) in [7, 11) is 1.23. The molecule has 1 rings (SSSR count). The number of halogens is 3. The van der Waals surface area contributed by atoms with Crippen LogP contribution in [0, 0.1) is 0 Å². The lowest BCUT2D eigenvalue weighted by Crippen LogP contribution is -2.11. The van der Waals surface area contributed by atoms with Gasteiger partial charge in [0.25, 0.3) is 0 Å². The first-order chi connectivity index (χ1) is 7.90. The zero-order chi connectivity index (χ0) is 12.9. The van der Waals surface area contributed by atoms with Crippen LogP contribution in [-0.2, 0) is 16.0 Å². The van der Waals surface area contributed by atoms with E-state index < -0.39 is 18.6 Å². The fourth-order valence-electron chi connectivity index (χ4n) is 1.27. The number of rotatable bonds is 3. The zero-order valence-electron chi connectivity index (χ0n) is 9.12. The maximum absolute atomic E-state index is 12.1. The highest BCUT2D eigenvalue weighted by Gasteiger charge is 2.27. The van der Waals surface area contributed by atoms with E-state index in [1.165, 1.54) is 31.4 Å². The molecule has 2 nitrogen and oxygen atoms in total. The Hall–Kier alpha value is -1.78. The highest BCUT2D eigenvalue weighted by Crippen LogP contribution is 2.21. The van der Waals surface area contributed by atoms with E-state index in [4.69, 9.17) is 0 Å². The average molecular weight is 244 g/mol. The lowest BCUT2D eigenvalue weighted by Gasteiger charge is -2.06. The van der Waals surface area contributed by atoms with Crippen LogP contribution in [0.25, 0.3) is 6.08 Å². The van der Waals surface area contributed by atoms with Crippen molar-refractivity contribution >= 4 is 12.0 Å². The summed E-state index contributed by atoms with van der Waals surface area (Å²) in [6.07, 6.45) is -2.64. The molecule has 1 aromatic rings. The smallest absolute Gasteiger partial charge is 0.393 e. The number of esters is 1. The average Bonchev–Trinajstić information content (AvgIpc) is 2.24. The SMILES string of the molecule is COC(=O)/C=C/c1cccc(CC(F)(F)F)c1. The minimum atomic E-state index is -4.23. The summed E-state index contributed by atoms with van der Waals surface area (Å²) in [5.74, 6) is -0.550. The van der Waals surface area contributed by atoms with Crippen LogP contribution in [0.2, 0.25) is 0 Å². The number of methoxy groups -OCH3 is 1. The van der Waals surface area contributed by atoms with Gasteiger partial charge in [-0.2, -0.15) is 13.2 Å². The van der Waals surface area contributed by atoms with Crippen LogP contribution in [0.15, 0.2) is 30.3 Å². The van der Waals surface area contributed by atoms with Gasteiger partial charge in [0.15, 0.2) is 0 Å². The second kappa shape index (κ2) is 5.52. The number of carbonyl (C=O) groups excluding carboxylic acids is 1. The van der Waals surface area contributed by atoms with E-state index in [0.717, 1.165) is 6.08 Å². The van der Waals surface area contributed by atoms with E-state index >= 15 is 0 Å². The van der Waals surface area contributed by atoms with Crippen LogP contribution in [0.5, 0.6) is 0 Å². The molecule has 0 aromatic heterocycles. The van der Waals surface area contributed by atoms with E-state index in [1.54, 1.807) is 6.07 Å². The second-order valence-electron chi connectivity index (χ2n) is 3.39. The monoisotopic (exact) mass is 244 g/mol. The normalized spacial score (nSPS) is 11.8. The Bertz CT molecular complexity index is 422. The molecule has 17 heavy (non-hydrogen) atoms. The Morgan fingerprint density at radius 2 is 2.12 bits per heavy atom. The van der Waals surface area contributed by atoms with Crippen LogP contribution >= 0.6 is 0 Å². The number of hydrogen-bond donors (Lipinski definition) is 0. The Kier molecular flexibility index (Phi) is 4.31. The van der Waals surface area contributed by atoms with E-state index in [-0.39, 0.29) is 5.56 Å². The summed E-state index contributed by atoms with van der Waals surface area (Å²) < 4.78 is 40.8. The zero-order valence-corrected chi connectivity index (χ0v) is 9.12. The summed E-state index contributed by atoms with van der Waals surface area (Å²) in [6, 6.07) is 5.90. The second-order valence-corrected chi connectivity index (χ2v) is 3.39. The van der Waals surface area contributed by atoms with Gasteiger partial charge in [0.05, 0.1) is 13.5 Å². The summed E-state index contributed by atoms with van der Waals surface area (Å²) in [4.78, 5) is 10.8. The minimum absolute atomic E-state index is 0.157. The molecule has 0 radical (unpaired) electrons. The van der Waals surface area contributed by atoms with Gasteiger partial charge in [-0.25, -0.2) is 4.79 Å². The van der Waals surface area contributed by atoms with Crippen molar-refractivity contribution in [3.8, 4) is 0 Å². The van der Waals surface area contributed by atoms with Crippen LogP contribution in [0.3, 0.4) is 0 Å². The molecule has 0 unspecified atom stereocenters. The van der Waals surface area contributed by atoms with Crippen molar-refractivity contribution in [3.05, 3.63) is 41.5 Å². The highest BCUT2D eigenvalue weighted by atomic mass is 19.4. The standard InChI is InChI=1S/C12H11F3O2/c1-17-11(16)6-5-9-3-2-4-10(7-9)8-12(13,14)15/h2-7H,8H2,1H3/b6-5+. The number of carbonyl (C=O) groups is 1. The topological polar surface area (TPSA) is 26.3 Å². The molecule has 0 aliphatic heterocycles. The van der Waals surface area contributed by atoms with Crippen molar-refractivity contribution in [2.24, 2.45) is 0 Å². The van der Waals surface area contributed by atoms with E-state index in [9.17, 15) is 18.0 Å². The van der Waals surface area contributed by atoms with Crippen LogP contribution in [0.4, 0.5) is 13.2 Å². The Morgan fingerprint density at radius 1 is 1.41 bits per heavy atom. The van der Waals surface area contributed by atoms with E-state index in [1.807, 2.05) is 0 Å². The quantitative estimate of drug-likeness (QED) is 0.603. The molecule has 0 aliphatic rings. The van der Waals surface area contributed by atoms with Crippen molar-refractivity contribution in [3.63, 3.8) is 0 Å². The first kappa shape index (κ1) is 13.3. The van der Waals surface area contributed by atoms with Gasteiger partial charge in [-0.05, 0) is 17.2 Å². The van der Waals surface area contributed by atoms with Gasteiger partial charge in [0.1, 0.15) is 0 Å². The van der Waals surface area contributed by atoms with Crippen molar-refractivity contribution in [2.75, 3.05) is 7.11 Å². The Labute approximate surface area is 96.7 Å².